The number of carboxylic acids is 1. The summed E-state index contributed by atoms with van der Waals surface area (Å²) >= 11 is 4.60. The number of carboxylic acid groups (broad SMARTS) is 1. The largest absolute Gasteiger partial charge is 0.476 e. The molecule has 2 rings (SSSR count). The summed E-state index contributed by atoms with van der Waals surface area (Å²) in [5, 5.41) is 13.9. The van der Waals surface area contributed by atoms with Crippen molar-refractivity contribution in [1.29, 1.82) is 0 Å². The summed E-state index contributed by atoms with van der Waals surface area (Å²) in [6.07, 6.45) is 0. The molecule has 2 N–H and O–H groups in total. The highest BCUT2D eigenvalue weighted by molar-refractivity contribution is 9.10. The van der Waals surface area contributed by atoms with Gasteiger partial charge in [0.15, 0.2) is 0 Å². The van der Waals surface area contributed by atoms with Gasteiger partial charge < -0.3 is 10.4 Å². The average Bonchev–Trinajstić information content (AvgIpc) is 2.79. The van der Waals surface area contributed by atoms with Gasteiger partial charge in [-0.25, -0.2) is 9.78 Å². The quantitative estimate of drug-likeness (QED) is 0.902. The normalized spacial score (nSPS) is 10.3. The van der Waals surface area contributed by atoms with Crippen LogP contribution < -0.4 is 5.32 Å². The molecule has 0 aliphatic rings. The Kier molecular flexibility index (Phi) is 3.98. The van der Waals surface area contributed by atoms with Crippen molar-refractivity contribution in [3.63, 3.8) is 0 Å². The fourth-order valence-electron chi connectivity index (χ4n) is 1.45. The van der Waals surface area contributed by atoms with E-state index in [2.05, 4.69) is 26.2 Å². The highest BCUT2D eigenvalue weighted by atomic mass is 79.9. The number of aromatic nitrogens is 1. The first-order valence-electron chi connectivity index (χ1n) is 5.24. The number of nitrogens with zero attached hydrogens (tertiary/aromatic N) is 1. The first-order chi connectivity index (χ1) is 8.56. The maximum atomic E-state index is 10.7. The number of nitrogens with one attached hydrogen (secondary N) is 1. The van der Waals surface area contributed by atoms with Crippen LogP contribution in [0.4, 0.5) is 5.69 Å². The number of rotatable bonds is 4. The van der Waals surface area contributed by atoms with Crippen LogP contribution in [0.2, 0.25) is 0 Å². The molecule has 18 heavy (non-hydrogen) atoms. The van der Waals surface area contributed by atoms with Crippen LogP contribution in [0.15, 0.2) is 28.1 Å². The Morgan fingerprint density at radius 3 is 3.00 bits per heavy atom. The third-order valence-electron chi connectivity index (χ3n) is 2.32. The first kappa shape index (κ1) is 13.0. The van der Waals surface area contributed by atoms with Crippen molar-refractivity contribution in [3.8, 4) is 0 Å². The Hall–Kier alpha value is -1.40. The number of hydrogen-bond acceptors (Lipinski definition) is 4. The fourth-order valence-corrected chi connectivity index (χ4v) is 2.49. The summed E-state index contributed by atoms with van der Waals surface area (Å²) in [4.78, 5) is 14.7. The molecule has 6 heteroatoms. The van der Waals surface area contributed by atoms with Crippen molar-refractivity contribution < 1.29 is 9.90 Å². The van der Waals surface area contributed by atoms with Crippen LogP contribution in [-0.2, 0) is 6.54 Å². The van der Waals surface area contributed by atoms with Gasteiger partial charge >= 0.3 is 5.97 Å². The number of aromatic carboxylic acids is 1. The van der Waals surface area contributed by atoms with Crippen molar-refractivity contribution in [3.05, 3.63) is 44.3 Å². The average molecular weight is 327 g/mol. The molecule has 94 valence electrons. The summed E-state index contributed by atoms with van der Waals surface area (Å²) in [5.74, 6) is -0.983. The Balaban J connectivity index is 2.06. The smallest absolute Gasteiger partial charge is 0.365 e. The molecule has 0 atom stereocenters. The predicted molar refractivity (Wildman–Crippen MR) is 75.3 cm³/mol. The molecule has 0 amide bonds. The zero-order chi connectivity index (χ0) is 13.1. The third kappa shape index (κ3) is 3.08. The standard InChI is InChI=1S/C12H11BrN2O2S/c1-7-2-3-9(13)10(4-7)14-5-8-6-18-11(15-8)12(16)17/h2-4,6,14H,5H2,1H3,(H,16,17). The lowest BCUT2D eigenvalue weighted by atomic mass is 10.2. The van der Waals surface area contributed by atoms with E-state index in [0.29, 0.717) is 6.54 Å². The Bertz CT molecular complexity index is 583. The van der Waals surface area contributed by atoms with Crippen molar-refractivity contribution in [2.75, 3.05) is 5.32 Å². The monoisotopic (exact) mass is 326 g/mol. The van der Waals surface area contributed by atoms with E-state index < -0.39 is 5.97 Å². The number of hydrogen-bond donors (Lipinski definition) is 2. The van der Waals surface area contributed by atoms with Gasteiger partial charge in [0.1, 0.15) is 0 Å². The van der Waals surface area contributed by atoms with Crippen LogP contribution in [-0.4, -0.2) is 16.1 Å². The van der Waals surface area contributed by atoms with Gasteiger partial charge in [-0.1, -0.05) is 6.07 Å². The van der Waals surface area contributed by atoms with Crippen molar-refractivity contribution in [2.45, 2.75) is 13.5 Å². The molecule has 0 aliphatic carbocycles. The molecule has 4 nitrogen and oxygen atoms in total. The fraction of sp³-hybridized carbons (Fsp3) is 0.167. The van der Waals surface area contributed by atoms with Crippen molar-refractivity contribution >= 4 is 38.9 Å². The first-order valence-corrected chi connectivity index (χ1v) is 6.91. The summed E-state index contributed by atoms with van der Waals surface area (Å²) in [6, 6.07) is 6.01. The lowest BCUT2D eigenvalue weighted by molar-refractivity contribution is 0.0696. The number of aryl methyl sites for hydroxylation is 1. The van der Waals surface area contributed by atoms with E-state index in [4.69, 9.17) is 5.11 Å². The summed E-state index contributed by atoms with van der Waals surface area (Å²) in [5.41, 5.74) is 2.86. The second-order valence-corrected chi connectivity index (χ2v) is 5.50. The topological polar surface area (TPSA) is 62.2 Å². The second kappa shape index (κ2) is 5.49. The van der Waals surface area contributed by atoms with Crippen LogP contribution in [0.3, 0.4) is 0 Å². The second-order valence-electron chi connectivity index (χ2n) is 3.79. The predicted octanol–water partition coefficient (Wildman–Crippen LogP) is 3.52. The molecule has 0 bridgehead atoms. The van der Waals surface area contributed by atoms with Gasteiger partial charge in [0, 0.05) is 15.5 Å². The lowest BCUT2D eigenvalue weighted by Gasteiger charge is -2.07. The molecule has 0 unspecified atom stereocenters. The number of carbonyl (C=O) groups is 1. The van der Waals surface area contributed by atoms with Gasteiger partial charge in [-0.05, 0) is 40.5 Å². The van der Waals surface area contributed by atoms with E-state index in [1.54, 1.807) is 5.38 Å². The van der Waals surface area contributed by atoms with E-state index in [9.17, 15) is 4.79 Å². The maximum absolute atomic E-state index is 10.7. The minimum atomic E-state index is -0.983. The number of anilines is 1. The van der Waals surface area contributed by atoms with E-state index in [1.165, 1.54) is 0 Å². The molecular formula is C12H11BrN2O2S. The molecule has 1 aromatic carbocycles. The molecule has 0 aliphatic heterocycles. The van der Waals surface area contributed by atoms with Crippen molar-refractivity contribution in [1.82, 2.24) is 4.98 Å². The number of benzene rings is 1. The summed E-state index contributed by atoms with van der Waals surface area (Å²) in [7, 11) is 0. The van der Waals surface area contributed by atoms with E-state index in [1.807, 2.05) is 25.1 Å². The Morgan fingerprint density at radius 2 is 2.33 bits per heavy atom. The van der Waals surface area contributed by atoms with Crippen LogP contribution >= 0.6 is 27.3 Å². The highest BCUT2D eigenvalue weighted by Crippen LogP contribution is 2.24. The van der Waals surface area contributed by atoms with Gasteiger partial charge in [-0.2, -0.15) is 0 Å². The SMILES string of the molecule is Cc1ccc(Br)c(NCc2csc(C(=O)O)n2)c1. The van der Waals surface area contributed by atoms with Gasteiger partial charge in [0.05, 0.1) is 12.2 Å². The minimum Gasteiger partial charge on any atom is -0.476 e. The van der Waals surface area contributed by atoms with Gasteiger partial charge in [-0.15, -0.1) is 11.3 Å². The molecule has 0 spiro atoms. The summed E-state index contributed by atoms with van der Waals surface area (Å²) < 4.78 is 0.974. The molecule has 1 heterocycles. The number of thiazole rings is 1. The molecule has 0 radical (unpaired) electrons. The minimum absolute atomic E-state index is 0.120. The lowest BCUT2D eigenvalue weighted by Crippen LogP contribution is -2.02. The van der Waals surface area contributed by atoms with E-state index in [-0.39, 0.29) is 5.01 Å². The maximum Gasteiger partial charge on any atom is 0.365 e. The van der Waals surface area contributed by atoms with Crippen LogP contribution in [0.25, 0.3) is 0 Å². The molecule has 0 saturated heterocycles. The van der Waals surface area contributed by atoms with Crippen LogP contribution in [0, 0.1) is 6.92 Å². The zero-order valence-electron chi connectivity index (χ0n) is 9.61. The van der Waals surface area contributed by atoms with E-state index >= 15 is 0 Å². The highest BCUT2D eigenvalue weighted by Gasteiger charge is 2.09. The Morgan fingerprint density at radius 1 is 1.56 bits per heavy atom. The van der Waals surface area contributed by atoms with Gasteiger partial charge in [-0.3, -0.25) is 0 Å². The Labute approximate surface area is 117 Å². The third-order valence-corrected chi connectivity index (χ3v) is 3.89. The van der Waals surface area contributed by atoms with E-state index in [0.717, 1.165) is 32.8 Å². The van der Waals surface area contributed by atoms with Gasteiger partial charge in [0.25, 0.3) is 0 Å². The number of halogens is 1. The van der Waals surface area contributed by atoms with Crippen LogP contribution in [0.5, 0.6) is 0 Å². The molecule has 0 fully saturated rings. The molecular weight excluding hydrogens is 316 g/mol. The van der Waals surface area contributed by atoms with Gasteiger partial charge in [0.2, 0.25) is 5.01 Å². The van der Waals surface area contributed by atoms with Crippen molar-refractivity contribution in [2.24, 2.45) is 0 Å². The molecule has 0 saturated carbocycles. The molecule has 2 aromatic rings. The molecule has 1 aromatic heterocycles. The van der Waals surface area contributed by atoms with Crippen LogP contribution in [0.1, 0.15) is 21.1 Å². The zero-order valence-corrected chi connectivity index (χ0v) is 12.0. The summed E-state index contributed by atoms with van der Waals surface area (Å²) in [6.45, 7) is 2.52.